The molecule has 13 heavy (non-hydrogen) atoms. The molecule has 2 nitrogen and oxygen atoms in total. The largest absolute Gasteiger partial charge is 0.374 e. The number of alkyl halides is 1. The van der Waals surface area contributed by atoms with Crippen LogP contribution in [0.3, 0.4) is 0 Å². The first kappa shape index (κ1) is 11.3. The first-order chi connectivity index (χ1) is 6.22. The third-order valence-electron chi connectivity index (χ3n) is 2.45. The van der Waals surface area contributed by atoms with Gasteiger partial charge in [0.15, 0.2) is 0 Å². The first-order valence-corrected chi connectivity index (χ1v) is 5.68. The molecule has 1 aliphatic rings. The zero-order valence-corrected chi connectivity index (χ0v) is 9.31. The molecule has 0 aromatic carbocycles. The van der Waals surface area contributed by atoms with Gasteiger partial charge in [-0.25, -0.2) is 0 Å². The molecule has 1 heterocycles. The molecule has 0 radical (unpaired) electrons. The summed E-state index contributed by atoms with van der Waals surface area (Å²) in [5.74, 6) is 1.29. The smallest absolute Gasteiger partial charge is 0.0704 e. The second kappa shape index (κ2) is 5.84. The van der Waals surface area contributed by atoms with Crippen LogP contribution in [0.2, 0.25) is 0 Å². The Morgan fingerprint density at radius 1 is 1.54 bits per heavy atom. The van der Waals surface area contributed by atoms with E-state index in [4.69, 9.17) is 16.3 Å². The number of hydrogen-bond donors (Lipinski definition) is 1. The first-order valence-electron chi connectivity index (χ1n) is 5.14. The van der Waals surface area contributed by atoms with Crippen LogP contribution in [0.4, 0.5) is 0 Å². The summed E-state index contributed by atoms with van der Waals surface area (Å²) >= 11 is 5.70. The number of hydrogen-bond acceptors (Lipinski definition) is 2. The van der Waals surface area contributed by atoms with Crippen LogP contribution >= 0.6 is 11.6 Å². The summed E-state index contributed by atoms with van der Waals surface area (Å²) in [6, 6.07) is 0. The number of nitrogens with one attached hydrogen (secondary N) is 1. The molecule has 3 atom stereocenters. The van der Waals surface area contributed by atoms with Crippen molar-refractivity contribution in [3.63, 3.8) is 0 Å². The Labute approximate surface area is 86.0 Å². The van der Waals surface area contributed by atoms with Crippen LogP contribution in [0, 0.1) is 5.92 Å². The van der Waals surface area contributed by atoms with Crippen LogP contribution in [0.1, 0.15) is 26.7 Å². The van der Waals surface area contributed by atoms with E-state index in [1.54, 1.807) is 0 Å². The molecule has 3 unspecified atom stereocenters. The van der Waals surface area contributed by atoms with Gasteiger partial charge in [-0.1, -0.05) is 6.92 Å². The van der Waals surface area contributed by atoms with Crippen LogP contribution in [-0.2, 0) is 4.74 Å². The zero-order valence-electron chi connectivity index (χ0n) is 8.55. The number of ether oxygens (including phenoxy) is 1. The van der Waals surface area contributed by atoms with Crippen molar-refractivity contribution in [3.8, 4) is 0 Å². The van der Waals surface area contributed by atoms with Crippen LogP contribution in [0.25, 0.3) is 0 Å². The van der Waals surface area contributed by atoms with E-state index >= 15 is 0 Å². The van der Waals surface area contributed by atoms with E-state index in [-0.39, 0.29) is 0 Å². The fraction of sp³-hybridized carbons (Fsp3) is 1.00. The van der Waals surface area contributed by atoms with Crippen molar-refractivity contribution in [1.82, 2.24) is 5.32 Å². The molecule has 0 saturated carbocycles. The van der Waals surface area contributed by atoms with E-state index < -0.39 is 0 Å². The highest BCUT2D eigenvalue weighted by Gasteiger charge is 2.20. The van der Waals surface area contributed by atoms with Gasteiger partial charge in [0.25, 0.3) is 0 Å². The summed E-state index contributed by atoms with van der Waals surface area (Å²) in [5, 5.41) is 3.39. The molecule has 0 spiro atoms. The highest BCUT2D eigenvalue weighted by molar-refractivity contribution is 6.18. The Balaban J connectivity index is 2.00. The van der Waals surface area contributed by atoms with E-state index in [1.165, 1.54) is 12.8 Å². The van der Waals surface area contributed by atoms with Crippen molar-refractivity contribution < 1.29 is 4.74 Å². The standard InChI is InChI=1S/C10H20ClNO/c1-8(5-11)6-12-7-10-4-3-9(2)13-10/h8-10,12H,3-7H2,1-2H3. The van der Waals surface area contributed by atoms with Crippen molar-refractivity contribution in [3.05, 3.63) is 0 Å². The van der Waals surface area contributed by atoms with E-state index in [0.717, 1.165) is 19.0 Å². The molecule has 0 aromatic heterocycles. The van der Waals surface area contributed by atoms with Crippen molar-refractivity contribution in [2.45, 2.75) is 38.9 Å². The van der Waals surface area contributed by atoms with Crippen molar-refractivity contribution >= 4 is 11.6 Å². The lowest BCUT2D eigenvalue weighted by atomic mass is 10.2. The fourth-order valence-electron chi connectivity index (χ4n) is 1.58. The lowest BCUT2D eigenvalue weighted by Gasteiger charge is -2.14. The quantitative estimate of drug-likeness (QED) is 0.694. The second-order valence-corrected chi connectivity index (χ2v) is 4.37. The van der Waals surface area contributed by atoms with Gasteiger partial charge < -0.3 is 10.1 Å². The van der Waals surface area contributed by atoms with Crippen LogP contribution in [0.5, 0.6) is 0 Å². The van der Waals surface area contributed by atoms with Gasteiger partial charge in [0.05, 0.1) is 12.2 Å². The van der Waals surface area contributed by atoms with Gasteiger partial charge in [0.1, 0.15) is 0 Å². The zero-order chi connectivity index (χ0) is 9.68. The Morgan fingerprint density at radius 3 is 2.85 bits per heavy atom. The third-order valence-corrected chi connectivity index (χ3v) is 2.97. The average Bonchev–Trinajstić information content (AvgIpc) is 2.51. The summed E-state index contributed by atoms with van der Waals surface area (Å²) in [6.07, 6.45) is 3.29. The summed E-state index contributed by atoms with van der Waals surface area (Å²) in [7, 11) is 0. The van der Waals surface area contributed by atoms with Crippen LogP contribution in [-0.4, -0.2) is 31.2 Å². The number of rotatable bonds is 5. The maximum Gasteiger partial charge on any atom is 0.0704 e. The van der Waals surface area contributed by atoms with Gasteiger partial charge >= 0.3 is 0 Å². The third kappa shape index (κ3) is 4.30. The second-order valence-electron chi connectivity index (χ2n) is 4.06. The maximum atomic E-state index is 5.70. The molecule has 0 aromatic rings. The van der Waals surface area contributed by atoms with E-state index in [1.807, 2.05) is 0 Å². The normalized spacial score (nSPS) is 30.7. The molecule has 1 fully saturated rings. The Morgan fingerprint density at radius 2 is 2.31 bits per heavy atom. The Kier molecular flexibility index (Phi) is 5.07. The van der Waals surface area contributed by atoms with Crippen molar-refractivity contribution in [1.29, 1.82) is 0 Å². The Hall–Kier alpha value is 0.210. The monoisotopic (exact) mass is 205 g/mol. The van der Waals surface area contributed by atoms with Crippen LogP contribution < -0.4 is 5.32 Å². The minimum atomic E-state index is 0.428. The highest BCUT2D eigenvalue weighted by Crippen LogP contribution is 2.18. The van der Waals surface area contributed by atoms with E-state index in [9.17, 15) is 0 Å². The molecule has 1 N–H and O–H groups in total. The lowest BCUT2D eigenvalue weighted by molar-refractivity contribution is 0.0558. The van der Waals surface area contributed by atoms with Gasteiger partial charge in [0, 0.05) is 12.4 Å². The predicted octanol–water partition coefficient (Wildman–Crippen LogP) is 2.02. The van der Waals surface area contributed by atoms with Gasteiger partial charge in [0.2, 0.25) is 0 Å². The highest BCUT2D eigenvalue weighted by atomic mass is 35.5. The lowest BCUT2D eigenvalue weighted by Crippen LogP contribution is -2.30. The molecule has 1 saturated heterocycles. The topological polar surface area (TPSA) is 21.3 Å². The minimum absolute atomic E-state index is 0.428. The predicted molar refractivity (Wildman–Crippen MR) is 56.3 cm³/mol. The molecule has 0 amide bonds. The maximum absolute atomic E-state index is 5.70. The fourth-order valence-corrected chi connectivity index (χ4v) is 1.69. The molecule has 3 heteroatoms. The summed E-state index contributed by atoms with van der Waals surface area (Å²) in [4.78, 5) is 0. The number of halogens is 1. The Bertz CT molecular complexity index is 143. The van der Waals surface area contributed by atoms with E-state index in [0.29, 0.717) is 18.1 Å². The van der Waals surface area contributed by atoms with E-state index in [2.05, 4.69) is 19.2 Å². The molecular weight excluding hydrogens is 186 g/mol. The molecule has 1 rings (SSSR count). The summed E-state index contributed by atoms with van der Waals surface area (Å²) < 4.78 is 5.68. The molecule has 78 valence electrons. The molecule has 1 aliphatic heterocycles. The average molecular weight is 206 g/mol. The van der Waals surface area contributed by atoms with Gasteiger partial charge in [-0.05, 0) is 32.2 Å². The van der Waals surface area contributed by atoms with Crippen molar-refractivity contribution in [2.24, 2.45) is 5.92 Å². The summed E-state index contributed by atoms with van der Waals surface area (Å²) in [5.41, 5.74) is 0. The van der Waals surface area contributed by atoms with Gasteiger partial charge in [-0.15, -0.1) is 11.6 Å². The van der Waals surface area contributed by atoms with Crippen molar-refractivity contribution in [2.75, 3.05) is 19.0 Å². The van der Waals surface area contributed by atoms with Gasteiger partial charge in [-0.2, -0.15) is 0 Å². The SMILES string of the molecule is CC(CCl)CNCC1CCC(C)O1. The molecular formula is C10H20ClNO. The molecule has 0 aliphatic carbocycles. The minimum Gasteiger partial charge on any atom is -0.374 e. The van der Waals surface area contributed by atoms with Crippen LogP contribution in [0.15, 0.2) is 0 Å². The van der Waals surface area contributed by atoms with Gasteiger partial charge in [-0.3, -0.25) is 0 Å². The molecule has 0 bridgehead atoms. The summed E-state index contributed by atoms with van der Waals surface area (Å²) in [6.45, 7) is 6.27.